The quantitative estimate of drug-likeness (QED) is 0.0560. The van der Waals surface area contributed by atoms with Gasteiger partial charge in [-0.25, -0.2) is 0 Å². The molecule has 0 heterocycles. The van der Waals surface area contributed by atoms with Crippen molar-refractivity contribution in [3.63, 3.8) is 0 Å². The normalized spacial score (nSPS) is 12.3. The summed E-state index contributed by atoms with van der Waals surface area (Å²) in [6, 6.07) is 0. The van der Waals surface area contributed by atoms with Gasteiger partial charge in [0.05, 0.1) is 6.42 Å². The molecule has 0 aromatic carbocycles. The number of hydrogen-bond donors (Lipinski definition) is 2. The summed E-state index contributed by atoms with van der Waals surface area (Å²) in [5.41, 5.74) is 0. The minimum Gasteiger partial charge on any atom is -0.480 e. The number of ether oxygens (including phenoxy) is 1. The summed E-state index contributed by atoms with van der Waals surface area (Å²) < 4.78 is 5.65. The van der Waals surface area contributed by atoms with Gasteiger partial charge in [-0.3, -0.25) is 14.4 Å². The molecule has 0 bridgehead atoms. The lowest BCUT2D eigenvalue weighted by Gasteiger charge is -2.17. The highest BCUT2D eigenvalue weighted by molar-refractivity contribution is 5.81. The second-order valence-electron chi connectivity index (χ2n) is 12.4. The summed E-state index contributed by atoms with van der Waals surface area (Å²) in [6.07, 6.45) is 26.3. The van der Waals surface area contributed by atoms with Crippen LogP contribution in [0.1, 0.15) is 163 Å². The summed E-state index contributed by atoms with van der Waals surface area (Å²) in [5, 5.41) is 11.2. The summed E-state index contributed by atoms with van der Waals surface area (Å²) in [6.45, 7) is 8.70. The molecule has 1 unspecified atom stereocenters. The van der Waals surface area contributed by atoms with Gasteiger partial charge in [0, 0.05) is 6.42 Å². The van der Waals surface area contributed by atoms with E-state index < -0.39 is 18.6 Å². The number of aliphatic carboxylic acids is 1. The Morgan fingerprint density at radius 3 is 1.60 bits per heavy atom. The average molecular weight is 566 g/mol. The SMILES string of the molecule is CC(C)CCCCCCCC=CCCC(=O)OC(CCCCCCCCCCCC(C)C)CC(=O)NCC(=O)O. The highest BCUT2D eigenvalue weighted by atomic mass is 16.5. The van der Waals surface area contributed by atoms with Crippen molar-refractivity contribution in [1.82, 2.24) is 5.32 Å². The molecule has 6 heteroatoms. The van der Waals surface area contributed by atoms with Crippen LogP contribution in [-0.4, -0.2) is 35.6 Å². The molecule has 0 rings (SSSR count). The Morgan fingerprint density at radius 2 is 1.10 bits per heavy atom. The smallest absolute Gasteiger partial charge is 0.322 e. The molecule has 1 atom stereocenters. The van der Waals surface area contributed by atoms with Gasteiger partial charge in [-0.1, -0.05) is 130 Å². The van der Waals surface area contributed by atoms with E-state index in [1.54, 1.807) is 0 Å². The van der Waals surface area contributed by atoms with Gasteiger partial charge in [-0.05, 0) is 43.9 Å². The summed E-state index contributed by atoms with van der Waals surface area (Å²) in [7, 11) is 0. The molecule has 0 saturated carbocycles. The Bertz CT molecular complexity index is 659. The fraction of sp³-hybridized carbons (Fsp3) is 0.853. The number of carbonyl (C=O) groups is 3. The highest BCUT2D eigenvalue weighted by Crippen LogP contribution is 2.16. The zero-order chi connectivity index (χ0) is 29.8. The van der Waals surface area contributed by atoms with Gasteiger partial charge in [-0.15, -0.1) is 0 Å². The van der Waals surface area contributed by atoms with Crippen molar-refractivity contribution < 1.29 is 24.2 Å². The first-order chi connectivity index (χ1) is 19.2. The van der Waals surface area contributed by atoms with Gasteiger partial charge in [-0.2, -0.15) is 0 Å². The molecule has 0 aromatic heterocycles. The Balaban J connectivity index is 4.15. The van der Waals surface area contributed by atoms with Crippen molar-refractivity contribution >= 4 is 17.8 Å². The molecule has 6 nitrogen and oxygen atoms in total. The molecule has 0 fully saturated rings. The molecule has 0 aliphatic rings. The van der Waals surface area contributed by atoms with Crippen molar-refractivity contribution in [2.75, 3.05) is 6.54 Å². The lowest BCUT2D eigenvalue weighted by atomic mass is 10.0. The van der Waals surface area contributed by atoms with Gasteiger partial charge >= 0.3 is 11.9 Å². The number of allylic oxidation sites excluding steroid dienone is 2. The summed E-state index contributed by atoms with van der Waals surface area (Å²) in [4.78, 5) is 35.3. The van der Waals surface area contributed by atoms with Gasteiger partial charge in [0.15, 0.2) is 0 Å². The Labute approximate surface area is 246 Å². The third kappa shape index (κ3) is 29.1. The van der Waals surface area contributed by atoms with E-state index in [4.69, 9.17) is 9.84 Å². The van der Waals surface area contributed by atoms with E-state index in [2.05, 4.69) is 45.2 Å². The van der Waals surface area contributed by atoms with Crippen LogP contribution in [0.4, 0.5) is 0 Å². The topological polar surface area (TPSA) is 92.7 Å². The fourth-order valence-corrected chi connectivity index (χ4v) is 4.84. The van der Waals surface area contributed by atoms with Gasteiger partial charge in [0.1, 0.15) is 12.6 Å². The first-order valence-electron chi connectivity index (χ1n) is 16.5. The Kier molecular flexibility index (Phi) is 26.1. The van der Waals surface area contributed by atoms with E-state index in [1.165, 1.54) is 83.5 Å². The number of carbonyl (C=O) groups excluding carboxylic acids is 2. The standard InChI is InChI=1S/C34H63NO5/c1-29(2)23-19-15-11-7-5-9-13-17-21-25-31(27-32(36)35-28-33(37)38)40-34(39)26-22-18-14-10-6-8-12-16-20-24-30(3)4/h14,18,29-31H,5-13,15-17,19-28H2,1-4H3,(H,35,36)(H,37,38). The maximum Gasteiger partial charge on any atom is 0.322 e. The zero-order valence-corrected chi connectivity index (χ0v) is 26.5. The second kappa shape index (κ2) is 27.3. The maximum absolute atomic E-state index is 12.4. The first kappa shape index (κ1) is 38.1. The summed E-state index contributed by atoms with van der Waals surface area (Å²) in [5.74, 6) is -0.158. The second-order valence-corrected chi connectivity index (χ2v) is 12.4. The molecule has 40 heavy (non-hydrogen) atoms. The number of nitrogens with one attached hydrogen (secondary N) is 1. The average Bonchev–Trinajstić information content (AvgIpc) is 2.88. The van der Waals surface area contributed by atoms with Crippen molar-refractivity contribution in [2.24, 2.45) is 11.8 Å². The lowest BCUT2D eigenvalue weighted by Crippen LogP contribution is -2.33. The van der Waals surface area contributed by atoms with Crippen molar-refractivity contribution in [2.45, 2.75) is 169 Å². The van der Waals surface area contributed by atoms with Crippen molar-refractivity contribution in [3.8, 4) is 0 Å². The van der Waals surface area contributed by atoms with Crippen LogP contribution in [-0.2, 0) is 19.1 Å². The molecule has 0 aromatic rings. The molecule has 0 radical (unpaired) electrons. The van der Waals surface area contributed by atoms with Crippen LogP contribution in [0.5, 0.6) is 0 Å². The molecule has 1 amide bonds. The first-order valence-corrected chi connectivity index (χ1v) is 16.5. The van der Waals surface area contributed by atoms with E-state index in [0.29, 0.717) is 19.3 Å². The van der Waals surface area contributed by atoms with E-state index >= 15 is 0 Å². The van der Waals surface area contributed by atoms with Crippen LogP contribution in [0, 0.1) is 11.8 Å². The number of carboxylic acid groups (broad SMARTS) is 1. The van der Waals surface area contributed by atoms with Crippen LogP contribution >= 0.6 is 0 Å². The maximum atomic E-state index is 12.4. The van der Waals surface area contributed by atoms with Crippen LogP contribution in [0.3, 0.4) is 0 Å². The molecule has 0 aliphatic heterocycles. The summed E-state index contributed by atoms with van der Waals surface area (Å²) >= 11 is 0. The fourth-order valence-electron chi connectivity index (χ4n) is 4.84. The molecule has 0 aliphatic carbocycles. The number of carboxylic acids is 1. The number of esters is 1. The number of unbranched alkanes of at least 4 members (excludes halogenated alkanes) is 13. The molecular formula is C34H63NO5. The number of rotatable bonds is 28. The lowest BCUT2D eigenvalue weighted by molar-refractivity contribution is -0.151. The molecule has 0 spiro atoms. The van der Waals surface area contributed by atoms with Gasteiger partial charge in [0.25, 0.3) is 0 Å². The van der Waals surface area contributed by atoms with Crippen LogP contribution in [0.15, 0.2) is 12.2 Å². The predicted octanol–water partition coefficient (Wildman–Crippen LogP) is 9.16. The third-order valence-electron chi connectivity index (χ3n) is 7.29. The van der Waals surface area contributed by atoms with Crippen LogP contribution in [0.2, 0.25) is 0 Å². The van der Waals surface area contributed by atoms with E-state index in [9.17, 15) is 14.4 Å². The highest BCUT2D eigenvalue weighted by Gasteiger charge is 2.18. The minimum absolute atomic E-state index is 0.0163. The van der Waals surface area contributed by atoms with Crippen molar-refractivity contribution in [3.05, 3.63) is 12.2 Å². The molecule has 0 saturated heterocycles. The zero-order valence-electron chi connectivity index (χ0n) is 26.5. The number of amides is 1. The molecular weight excluding hydrogens is 502 g/mol. The van der Waals surface area contributed by atoms with Crippen LogP contribution in [0.25, 0.3) is 0 Å². The van der Waals surface area contributed by atoms with Gasteiger partial charge in [0.2, 0.25) is 5.91 Å². The minimum atomic E-state index is -1.08. The Morgan fingerprint density at radius 1 is 0.650 bits per heavy atom. The van der Waals surface area contributed by atoms with Crippen LogP contribution < -0.4 is 5.32 Å². The molecule has 2 N–H and O–H groups in total. The van der Waals surface area contributed by atoms with E-state index in [0.717, 1.165) is 37.5 Å². The molecule has 234 valence electrons. The van der Waals surface area contributed by atoms with E-state index in [-0.39, 0.29) is 18.3 Å². The largest absolute Gasteiger partial charge is 0.480 e. The predicted molar refractivity (Wildman–Crippen MR) is 166 cm³/mol. The Hall–Kier alpha value is -1.85. The van der Waals surface area contributed by atoms with Crippen molar-refractivity contribution in [1.29, 1.82) is 0 Å². The third-order valence-corrected chi connectivity index (χ3v) is 7.29. The van der Waals surface area contributed by atoms with E-state index in [1.807, 2.05) is 0 Å². The monoisotopic (exact) mass is 565 g/mol. The number of hydrogen-bond acceptors (Lipinski definition) is 4. The van der Waals surface area contributed by atoms with Gasteiger partial charge < -0.3 is 15.2 Å².